The third kappa shape index (κ3) is 0.762. The number of rotatable bonds is 2. The van der Waals surface area contributed by atoms with E-state index in [1.807, 2.05) is 5.43 Å². The number of aliphatic hydroxyl groups is 4. The van der Waals surface area contributed by atoms with Gasteiger partial charge in [-0.15, -0.1) is 0 Å². The molecule has 0 bridgehead atoms. The van der Waals surface area contributed by atoms with Gasteiger partial charge in [-0.2, -0.15) is 0 Å². The summed E-state index contributed by atoms with van der Waals surface area (Å²) in [7, 11) is 0. The lowest BCUT2D eigenvalue weighted by Crippen LogP contribution is -2.61. The molecule has 0 spiro atoms. The highest BCUT2D eigenvalue weighted by Gasteiger charge is 2.97. The molecule has 0 radical (unpaired) electrons. The Bertz CT molecular complexity index is 311. The number of aliphatic hydroxyl groups excluding tert-OH is 1. The van der Waals surface area contributed by atoms with Crippen LogP contribution in [0.25, 0.3) is 0 Å². The fourth-order valence-electron chi connectivity index (χ4n) is 2.86. The summed E-state index contributed by atoms with van der Waals surface area (Å²) >= 11 is 0. The summed E-state index contributed by atoms with van der Waals surface area (Å²) in [5.74, 6) is 2.84. The molecule has 1 saturated carbocycles. The molecule has 7 N–H and O–H groups in total. The maximum absolute atomic E-state index is 10.2. The minimum Gasteiger partial charge on any atom is -0.394 e. The molecule has 1 aliphatic carbocycles. The van der Waals surface area contributed by atoms with Crippen molar-refractivity contribution in [3.8, 4) is 0 Å². The first kappa shape index (κ1) is 11.2. The van der Waals surface area contributed by atoms with Crippen molar-refractivity contribution in [2.75, 3.05) is 6.61 Å². The summed E-state index contributed by atoms with van der Waals surface area (Å²) in [5.41, 5.74) is -2.74. The van der Waals surface area contributed by atoms with Crippen molar-refractivity contribution in [3.63, 3.8) is 0 Å². The molecule has 7 heteroatoms. The van der Waals surface area contributed by atoms with Gasteiger partial charge in [0.2, 0.25) is 0 Å². The van der Waals surface area contributed by atoms with Gasteiger partial charge in [0, 0.05) is 5.41 Å². The van der Waals surface area contributed by atoms with Crippen LogP contribution < -0.4 is 11.3 Å². The lowest BCUT2D eigenvalue weighted by atomic mass is 10.0. The molecule has 0 aromatic rings. The summed E-state index contributed by atoms with van der Waals surface area (Å²) in [6, 6.07) is 0. The molecule has 88 valence electrons. The van der Waals surface area contributed by atoms with Crippen molar-refractivity contribution < 1.29 is 25.2 Å². The first-order chi connectivity index (χ1) is 6.73. The zero-order valence-electron chi connectivity index (χ0n) is 8.56. The Morgan fingerprint density at radius 1 is 1.33 bits per heavy atom. The minimum absolute atomic E-state index is 0.522. The lowest BCUT2D eigenvalue weighted by molar-refractivity contribution is -0.289. The molecular formula is C8H16N2O5. The van der Waals surface area contributed by atoms with E-state index in [4.69, 9.17) is 15.7 Å². The average molecular weight is 220 g/mol. The van der Waals surface area contributed by atoms with Crippen LogP contribution in [0, 0.1) is 5.41 Å². The monoisotopic (exact) mass is 220 g/mol. The first-order valence-corrected chi connectivity index (χ1v) is 4.66. The van der Waals surface area contributed by atoms with Gasteiger partial charge in [0.1, 0.15) is 11.7 Å². The number of nitrogens with one attached hydrogen (secondary N) is 1. The van der Waals surface area contributed by atoms with E-state index in [0.717, 1.165) is 0 Å². The Morgan fingerprint density at radius 3 is 2.13 bits per heavy atom. The second-order valence-corrected chi connectivity index (χ2v) is 4.68. The van der Waals surface area contributed by atoms with E-state index < -0.39 is 35.2 Å². The number of ether oxygens (including phenoxy) is 1. The van der Waals surface area contributed by atoms with Crippen molar-refractivity contribution in [2.24, 2.45) is 11.3 Å². The normalized spacial score (nSPS) is 56.6. The van der Waals surface area contributed by atoms with Gasteiger partial charge in [-0.25, -0.2) is 5.43 Å². The SMILES string of the molecule is CC1(C)[C@]2(O)[C@@](O)(NN)O[C@H](CO)[C@]12O. The standard InChI is InChI=1S/C8H16N2O5/c1-5(2)6(12)4(3-11)15-8(14,10-9)7(5,6)13/h4,10-14H,3,9H2,1-2H3/t4-,6+,7-,8+/m1/s1. The van der Waals surface area contributed by atoms with Crippen LogP contribution in [0.15, 0.2) is 0 Å². The molecular weight excluding hydrogens is 204 g/mol. The summed E-state index contributed by atoms with van der Waals surface area (Å²) in [5, 5.41) is 39.3. The fourth-order valence-corrected chi connectivity index (χ4v) is 2.86. The van der Waals surface area contributed by atoms with Gasteiger partial charge < -0.3 is 25.2 Å². The molecule has 0 aromatic heterocycles. The van der Waals surface area contributed by atoms with Gasteiger partial charge in [-0.1, -0.05) is 13.8 Å². The number of hydrazine groups is 1. The van der Waals surface area contributed by atoms with Crippen molar-refractivity contribution in [3.05, 3.63) is 0 Å². The molecule has 1 saturated heterocycles. The Morgan fingerprint density at radius 2 is 1.87 bits per heavy atom. The molecule has 15 heavy (non-hydrogen) atoms. The molecule has 2 rings (SSSR count). The maximum Gasteiger partial charge on any atom is 0.272 e. The minimum atomic E-state index is -2.25. The fraction of sp³-hybridized carbons (Fsp3) is 1.00. The number of fused-ring (bicyclic) bond motifs is 1. The molecule has 0 unspecified atom stereocenters. The largest absolute Gasteiger partial charge is 0.394 e. The van der Waals surface area contributed by atoms with E-state index in [0.29, 0.717) is 0 Å². The molecule has 0 aromatic carbocycles. The van der Waals surface area contributed by atoms with Crippen LogP contribution in [-0.2, 0) is 4.74 Å². The zero-order valence-corrected chi connectivity index (χ0v) is 8.56. The van der Waals surface area contributed by atoms with Gasteiger partial charge in [-0.3, -0.25) is 5.84 Å². The van der Waals surface area contributed by atoms with E-state index in [9.17, 15) is 15.3 Å². The van der Waals surface area contributed by atoms with E-state index in [2.05, 4.69) is 0 Å². The highest BCUT2D eigenvalue weighted by Crippen LogP contribution is 2.74. The van der Waals surface area contributed by atoms with Gasteiger partial charge >= 0.3 is 0 Å². The first-order valence-electron chi connectivity index (χ1n) is 4.66. The van der Waals surface area contributed by atoms with Crippen molar-refractivity contribution in [1.29, 1.82) is 0 Å². The number of nitrogens with two attached hydrogens (primary N) is 1. The molecule has 0 amide bonds. The molecule has 7 nitrogen and oxygen atoms in total. The smallest absolute Gasteiger partial charge is 0.272 e. The van der Waals surface area contributed by atoms with E-state index in [1.54, 1.807) is 13.8 Å². The Balaban J connectivity index is 2.48. The molecule has 4 atom stereocenters. The van der Waals surface area contributed by atoms with E-state index in [1.165, 1.54) is 0 Å². The van der Waals surface area contributed by atoms with Gasteiger partial charge in [0.25, 0.3) is 5.91 Å². The second-order valence-electron chi connectivity index (χ2n) is 4.68. The van der Waals surface area contributed by atoms with Crippen LogP contribution in [0.3, 0.4) is 0 Å². The van der Waals surface area contributed by atoms with Crippen molar-refractivity contribution in [1.82, 2.24) is 5.43 Å². The molecule has 2 fully saturated rings. The molecule has 1 heterocycles. The van der Waals surface area contributed by atoms with E-state index >= 15 is 0 Å². The van der Waals surface area contributed by atoms with E-state index in [-0.39, 0.29) is 0 Å². The molecule has 1 aliphatic heterocycles. The Hall–Kier alpha value is -0.280. The predicted molar refractivity (Wildman–Crippen MR) is 47.9 cm³/mol. The maximum atomic E-state index is 10.2. The highest BCUT2D eigenvalue weighted by atomic mass is 16.7. The lowest BCUT2D eigenvalue weighted by Gasteiger charge is -2.32. The third-order valence-corrected chi connectivity index (χ3v) is 3.98. The average Bonchev–Trinajstić information content (AvgIpc) is 2.47. The highest BCUT2D eigenvalue weighted by molar-refractivity contribution is 5.41. The number of hydrogen-bond donors (Lipinski definition) is 6. The van der Waals surface area contributed by atoms with Gasteiger partial charge in [-0.05, 0) is 0 Å². The van der Waals surface area contributed by atoms with Crippen LogP contribution in [0.2, 0.25) is 0 Å². The molecule has 2 aliphatic rings. The van der Waals surface area contributed by atoms with Crippen LogP contribution in [0.1, 0.15) is 13.8 Å². The zero-order chi connectivity index (χ0) is 11.7. The van der Waals surface area contributed by atoms with Gasteiger partial charge in [0.05, 0.1) is 6.61 Å². The van der Waals surface area contributed by atoms with Crippen molar-refractivity contribution >= 4 is 0 Å². The third-order valence-electron chi connectivity index (χ3n) is 3.98. The summed E-state index contributed by atoms with van der Waals surface area (Å²) < 4.78 is 4.92. The summed E-state index contributed by atoms with van der Waals surface area (Å²) in [6.45, 7) is 2.59. The van der Waals surface area contributed by atoms with Gasteiger partial charge in [0.15, 0.2) is 5.60 Å². The van der Waals surface area contributed by atoms with Crippen LogP contribution in [0.5, 0.6) is 0 Å². The quantitative estimate of drug-likeness (QED) is 0.166. The van der Waals surface area contributed by atoms with Crippen LogP contribution in [0.4, 0.5) is 0 Å². The number of hydrogen-bond acceptors (Lipinski definition) is 7. The topological polar surface area (TPSA) is 128 Å². The predicted octanol–water partition coefficient (Wildman–Crippen LogP) is -3.01. The van der Waals surface area contributed by atoms with Crippen LogP contribution >= 0.6 is 0 Å². The Labute approximate surface area is 86.4 Å². The van der Waals surface area contributed by atoms with Crippen molar-refractivity contribution in [2.45, 2.75) is 37.1 Å². The second kappa shape index (κ2) is 2.51. The van der Waals surface area contributed by atoms with Crippen LogP contribution in [-0.4, -0.2) is 50.3 Å². The summed E-state index contributed by atoms with van der Waals surface area (Å²) in [4.78, 5) is 0. The summed E-state index contributed by atoms with van der Waals surface area (Å²) in [6.07, 6.45) is -1.08. The Kier molecular flexibility index (Phi) is 1.88.